The molecule has 0 aliphatic heterocycles. The van der Waals surface area contributed by atoms with Crippen LogP contribution < -0.4 is 4.74 Å². The smallest absolute Gasteiger partial charge is 0.310 e. The first-order valence-corrected chi connectivity index (χ1v) is 3.69. The molecule has 0 spiro atoms. The van der Waals surface area contributed by atoms with Crippen LogP contribution in [0.25, 0.3) is 0 Å². The van der Waals surface area contributed by atoms with Crippen molar-refractivity contribution in [3.63, 3.8) is 0 Å². The molecule has 0 unspecified atom stereocenters. The maximum absolute atomic E-state index is 12.8. The van der Waals surface area contributed by atoms with E-state index in [1.165, 1.54) is 12.1 Å². The van der Waals surface area contributed by atoms with Gasteiger partial charge in [-0.3, -0.25) is 4.79 Å². The van der Waals surface area contributed by atoms with E-state index < -0.39 is 11.8 Å². The summed E-state index contributed by atoms with van der Waals surface area (Å²) in [6.07, 6.45) is 0.244. The number of benzene rings is 1. The molecule has 0 aromatic heterocycles. The fourth-order valence-corrected chi connectivity index (χ4v) is 0.722. The molecule has 0 aliphatic rings. The third kappa shape index (κ3) is 3.42. The van der Waals surface area contributed by atoms with E-state index in [-0.39, 0.29) is 24.6 Å². The van der Waals surface area contributed by atoms with Crippen molar-refractivity contribution in [2.45, 2.75) is 13.3 Å². The molecule has 0 heterocycles. The molecule has 0 fully saturated rings. The van der Waals surface area contributed by atoms with Crippen molar-refractivity contribution in [3.05, 3.63) is 30.1 Å². The zero-order valence-electron chi connectivity index (χ0n) is 7.12. The van der Waals surface area contributed by atoms with Crippen LogP contribution in [0.2, 0.25) is 0 Å². The van der Waals surface area contributed by atoms with Gasteiger partial charge in [-0.15, -0.1) is 12.4 Å². The predicted octanol–water partition coefficient (Wildman–Crippen LogP) is 2.56. The van der Waals surface area contributed by atoms with E-state index in [0.29, 0.717) is 0 Å². The van der Waals surface area contributed by atoms with Crippen molar-refractivity contribution in [3.8, 4) is 5.75 Å². The van der Waals surface area contributed by atoms with Crippen LogP contribution in [0.3, 0.4) is 0 Å². The summed E-state index contributed by atoms with van der Waals surface area (Å²) in [6, 6.07) is 5.82. The standard InChI is InChI=1S/C9H9FO2.ClH/c1-2-9(11)12-8-6-4-3-5-7(8)10;/h3-6H,2H2,1H3;1H. The Bertz CT molecular complexity index is 289. The molecule has 0 N–H and O–H groups in total. The quantitative estimate of drug-likeness (QED) is 0.547. The average Bonchev–Trinajstić information content (AvgIpc) is 2.09. The molecule has 0 amide bonds. The minimum Gasteiger partial charge on any atom is -0.423 e. The van der Waals surface area contributed by atoms with E-state index in [1.54, 1.807) is 19.1 Å². The Labute approximate surface area is 82.1 Å². The second-order valence-corrected chi connectivity index (χ2v) is 2.26. The Morgan fingerprint density at radius 2 is 2.08 bits per heavy atom. The Morgan fingerprint density at radius 1 is 1.46 bits per heavy atom. The van der Waals surface area contributed by atoms with Crippen LogP contribution in [-0.4, -0.2) is 5.97 Å². The van der Waals surface area contributed by atoms with Gasteiger partial charge in [0.1, 0.15) is 0 Å². The number of carbonyl (C=O) groups excluding carboxylic acids is 1. The lowest BCUT2D eigenvalue weighted by atomic mass is 10.3. The maximum Gasteiger partial charge on any atom is 0.310 e. The Morgan fingerprint density at radius 3 is 2.62 bits per heavy atom. The summed E-state index contributed by atoms with van der Waals surface area (Å²) in [6.45, 7) is 1.66. The van der Waals surface area contributed by atoms with Crippen LogP contribution in [0, 0.1) is 5.82 Å². The molecule has 13 heavy (non-hydrogen) atoms. The number of hydrogen-bond donors (Lipinski definition) is 0. The molecule has 2 nitrogen and oxygen atoms in total. The number of esters is 1. The fourth-order valence-electron chi connectivity index (χ4n) is 0.722. The molecule has 0 bridgehead atoms. The van der Waals surface area contributed by atoms with Gasteiger partial charge in [0.15, 0.2) is 11.6 Å². The van der Waals surface area contributed by atoms with E-state index in [2.05, 4.69) is 4.74 Å². The molecule has 0 aliphatic carbocycles. The third-order valence-corrected chi connectivity index (χ3v) is 1.35. The summed E-state index contributed by atoms with van der Waals surface area (Å²) < 4.78 is 17.5. The summed E-state index contributed by atoms with van der Waals surface area (Å²) in [7, 11) is 0. The summed E-state index contributed by atoms with van der Waals surface area (Å²) in [5.74, 6) is -0.955. The van der Waals surface area contributed by atoms with Gasteiger partial charge >= 0.3 is 5.97 Å². The van der Waals surface area contributed by atoms with Crippen molar-refractivity contribution in [2.75, 3.05) is 0 Å². The Balaban J connectivity index is 0.00000144. The van der Waals surface area contributed by atoms with Crippen LogP contribution in [0.1, 0.15) is 13.3 Å². The molecule has 1 rings (SSSR count). The van der Waals surface area contributed by atoms with Crippen molar-refractivity contribution >= 4 is 18.4 Å². The van der Waals surface area contributed by atoms with Gasteiger partial charge < -0.3 is 4.74 Å². The molecular weight excluding hydrogens is 195 g/mol. The lowest BCUT2D eigenvalue weighted by Crippen LogP contribution is -2.06. The highest BCUT2D eigenvalue weighted by molar-refractivity contribution is 5.85. The first-order valence-electron chi connectivity index (χ1n) is 3.69. The van der Waals surface area contributed by atoms with Crippen molar-refractivity contribution in [2.24, 2.45) is 0 Å². The average molecular weight is 205 g/mol. The molecular formula is C9H10ClFO2. The highest BCUT2D eigenvalue weighted by atomic mass is 35.5. The lowest BCUT2D eigenvalue weighted by molar-refractivity contribution is -0.134. The zero-order valence-corrected chi connectivity index (χ0v) is 7.94. The second-order valence-electron chi connectivity index (χ2n) is 2.26. The van der Waals surface area contributed by atoms with Crippen LogP contribution in [0.5, 0.6) is 5.75 Å². The molecule has 4 heteroatoms. The maximum atomic E-state index is 12.8. The lowest BCUT2D eigenvalue weighted by Gasteiger charge is -2.02. The predicted molar refractivity (Wildman–Crippen MR) is 49.6 cm³/mol. The van der Waals surface area contributed by atoms with E-state index in [9.17, 15) is 9.18 Å². The van der Waals surface area contributed by atoms with E-state index in [1.807, 2.05) is 0 Å². The third-order valence-electron chi connectivity index (χ3n) is 1.35. The number of carbonyl (C=O) groups is 1. The van der Waals surface area contributed by atoms with Crippen molar-refractivity contribution in [1.29, 1.82) is 0 Å². The van der Waals surface area contributed by atoms with Gasteiger partial charge in [-0.2, -0.15) is 0 Å². The minimum absolute atomic E-state index is 0. The van der Waals surface area contributed by atoms with Crippen molar-refractivity contribution in [1.82, 2.24) is 0 Å². The molecule has 1 aromatic carbocycles. The first kappa shape index (κ1) is 11.9. The van der Waals surface area contributed by atoms with Crippen LogP contribution >= 0.6 is 12.4 Å². The SMILES string of the molecule is CCC(=O)Oc1ccccc1F.Cl. The van der Waals surface area contributed by atoms with Crippen molar-refractivity contribution < 1.29 is 13.9 Å². The fraction of sp³-hybridized carbons (Fsp3) is 0.222. The zero-order chi connectivity index (χ0) is 8.97. The van der Waals surface area contributed by atoms with Gasteiger partial charge in [-0.05, 0) is 12.1 Å². The number of para-hydroxylation sites is 1. The van der Waals surface area contributed by atoms with Gasteiger partial charge in [0.2, 0.25) is 0 Å². The van der Waals surface area contributed by atoms with E-state index in [4.69, 9.17) is 0 Å². The summed E-state index contributed by atoms with van der Waals surface area (Å²) in [4.78, 5) is 10.7. The number of rotatable bonds is 2. The van der Waals surface area contributed by atoms with Gasteiger partial charge in [0, 0.05) is 6.42 Å². The van der Waals surface area contributed by atoms with Crippen LogP contribution in [-0.2, 0) is 4.79 Å². The highest BCUT2D eigenvalue weighted by Gasteiger charge is 2.05. The van der Waals surface area contributed by atoms with Gasteiger partial charge in [-0.1, -0.05) is 19.1 Å². The van der Waals surface area contributed by atoms with Gasteiger partial charge in [-0.25, -0.2) is 4.39 Å². The molecule has 0 atom stereocenters. The molecule has 0 radical (unpaired) electrons. The van der Waals surface area contributed by atoms with Crippen LogP contribution in [0.15, 0.2) is 24.3 Å². The molecule has 0 saturated carbocycles. The molecule has 1 aromatic rings. The number of halogens is 2. The first-order chi connectivity index (χ1) is 5.74. The topological polar surface area (TPSA) is 26.3 Å². The van der Waals surface area contributed by atoms with E-state index in [0.717, 1.165) is 0 Å². The normalized spacial score (nSPS) is 8.77. The largest absolute Gasteiger partial charge is 0.423 e. The van der Waals surface area contributed by atoms with Crippen LogP contribution in [0.4, 0.5) is 4.39 Å². The summed E-state index contributed by atoms with van der Waals surface area (Å²) >= 11 is 0. The molecule has 0 saturated heterocycles. The number of hydrogen-bond acceptors (Lipinski definition) is 2. The summed E-state index contributed by atoms with van der Waals surface area (Å²) in [5.41, 5.74) is 0. The summed E-state index contributed by atoms with van der Waals surface area (Å²) in [5, 5.41) is 0. The van der Waals surface area contributed by atoms with E-state index >= 15 is 0 Å². The Kier molecular flexibility index (Phi) is 5.07. The van der Waals surface area contributed by atoms with Gasteiger partial charge in [0.25, 0.3) is 0 Å². The van der Waals surface area contributed by atoms with Gasteiger partial charge in [0.05, 0.1) is 0 Å². The Hall–Kier alpha value is -1.09. The monoisotopic (exact) mass is 204 g/mol. The molecule has 72 valence electrons. The highest BCUT2D eigenvalue weighted by Crippen LogP contribution is 2.15. The second kappa shape index (κ2) is 5.54. The number of ether oxygens (including phenoxy) is 1. The minimum atomic E-state index is -0.515.